The maximum Gasteiger partial charge on any atom is 0.187 e. The van der Waals surface area contributed by atoms with Crippen molar-refractivity contribution in [3.8, 4) is 0 Å². The van der Waals surface area contributed by atoms with Crippen molar-refractivity contribution in [1.82, 2.24) is 5.32 Å². The van der Waals surface area contributed by atoms with Crippen molar-refractivity contribution < 1.29 is 49.6 Å². The van der Waals surface area contributed by atoms with Gasteiger partial charge in [0.15, 0.2) is 12.6 Å². The Hall–Kier alpha value is -0.560. The van der Waals surface area contributed by atoms with Crippen LogP contribution in [0.15, 0.2) is 0 Å². The van der Waals surface area contributed by atoms with Crippen LogP contribution in [-0.2, 0) is 18.9 Å². The Labute approximate surface area is 185 Å². The molecule has 1 aliphatic carbocycles. The Kier molecular flexibility index (Phi) is 8.79. The van der Waals surface area contributed by atoms with E-state index in [0.29, 0.717) is 0 Å². The Balaban J connectivity index is 1.70. The molecule has 13 N–H and O–H groups in total. The zero-order chi connectivity index (χ0) is 23.7. The van der Waals surface area contributed by atoms with Gasteiger partial charge in [0.2, 0.25) is 0 Å². The van der Waals surface area contributed by atoms with Gasteiger partial charge in [-0.1, -0.05) is 0 Å². The molecule has 1 saturated carbocycles. The molecule has 3 fully saturated rings. The highest BCUT2D eigenvalue weighted by Crippen LogP contribution is 2.30. The largest absolute Gasteiger partial charge is 0.389 e. The van der Waals surface area contributed by atoms with Gasteiger partial charge in [0, 0.05) is 18.6 Å². The molecule has 14 nitrogen and oxygen atoms in total. The summed E-state index contributed by atoms with van der Waals surface area (Å²) in [4.78, 5) is 0. The minimum atomic E-state index is -1.62. The van der Waals surface area contributed by atoms with Gasteiger partial charge in [0.1, 0.15) is 48.8 Å². The van der Waals surface area contributed by atoms with E-state index in [1.54, 1.807) is 7.05 Å². The second-order valence-corrected chi connectivity index (χ2v) is 8.58. The Morgan fingerprint density at radius 3 is 2.00 bits per heavy atom. The molecule has 32 heavy (non-hydrogen) atoms. The van der Waals surface area contributed by atoms with E-state index in [9.17, 15) is 30.6 Å². The second kappa shape index (κ2) is 10.8. The summed E-state index contributed by atoms with van der Waals surface area (Å²) >= 11 is 0. The maximum atomic E-state index is 10.9. The molecule has 2 saturated heterocycles. The van der Waals surface area contributed by atoms with Gasteiger partial charge in [0.05, 0.1) is 18.8 Å². The molecule has 0 aromatic heterocycles. The van der Waals surface area contributed by atoms with E-state index in [-0.39, 0.29) is 19.6 Å². The second-order valence-electron chi connectivity index (χ2n) is 8.58. The third-order valence-electron chi connectivity index (χ3n) is 6.37. The minimum Gasteiger partial charge on any atom is -0.389 e. The summed E-state index contributed by atoms with van der Waals surface area (Å²) in [6, 6.07) is -2.23. The first-order valence-electron chi connectivity index (χ1n) is 10.7. The van der Waals surface area contributed by atoms with E-state index in [1.807, 2.05) is 0 Å². The van der Waals surface area contributed by atoms with Crippen LogP contribution in [0, 0.1) is 0 Å². The van der Waals surface area contributed by atoms with E-state index in [2.05, 4.69) is 5.32 Å². The number of likely N-dealkylation sites (N-methyl/N-ethyl adjacent to an activating group) is 1. The van der Waals surface area contributed by atoms with Crippen molar-refractivity contribution in [2.75, 3.05) is 20.2 Å². The molecule has 0 aromatic carbocycles. The molecule has 3 aliphatic rings. The summed E-state index contributed by atoms with van der Waals surface area (Å²) < 4.78 is 22.3. The lowest BCUT2D eigenvalue weighted by Gasteiger charge is -2.47. The summed E-state index contributed by atoms with van der Waals surface area (Å²) in [7, 11) is 1.57. The van der Waals surface area contributed by atoms with Crippen LogP contribution in [-0.4, -0.2) is 136 Å². The fraction of sp³-hybridized carbons (Fsp3) is 1.00. The van der Waals surface area contributed by atoms with Crippen molar-refractivity contribution in [2.24, 2.45) is 17.2 Å². The average Bonchev–Trinajstić information content (AvgIpc) is 2.75. The highest BCUT2D eigenvalue weighted by molar-refractivity contribution is 5.01. The van der Waals surface area contributed by atoms with E-state index < -0.39 is 85.6 Å². The summed E-state index contributed by atoms with van der Waals surface area (Å²) in [5, 5.41) is 64.4. The van der Waals surface area contributed by atoms with Crippen LogP contribution in [0.4, 0.5) is 0 Å². The fourth-order valence-electron chi connectivity index (χ4n) is 4.45. The monoisotopic (exact) mass is 468 g/mol. The third kappa shape index (κ3) is 5.08. The van der Waals surface area contributed by atoms with Crippen molar-refractivity contribution >= 4 is 0 Å². The smallest absolute Gasteiger partial charge is 0.187 e. The molecule has 2 heterocycles. The van der Waals surface area contributed by atoms with Crippen LogP contribution in [0.3, 0.4) is 0 Å². The lowest BCUT2D eigenvalue weighted by atomic mass is 9.84. The molecule has 0 radical (unpaired) electrons. The zero-order valence-corrected chi connectivity index (χ0v) is 17.8. The molecule has 14 heteroatoms. The number of rotatable bonds is 6. The van der Waals surface area contributed by atoms with Gasteiger partial charge in [-0.3, -0.25) is 0 Å². The van der Waals surface area contributed by atoms with E-state index >= 15 is 0 Å². The lowest BCUT2D eigenvalue weighted by molar-refractivity contribution is -0.327. The van der Waals surface area contributed by atoms with Crippen molar-refractivity contribution in [2.45, 2.75) is 92.1 Å². The highest BCUT2D eigenvalue weighted by atomic mass is 16.7. The van der Waals surface area contributed by atoms with Gasteiger partial charge in [-0.15, -0.1) is 0 Å². The summed E-state index contributed by atoms with van der Waals surface area (Å²) in [5.41, 5.74) is 17.8. The highest BCUT2D eigenvalue weighted by Gasteiger charge is 2.50. The molecule has 0 spiro atoms. The molecule has 0 bridgehead atoms. The molecule has 0 amide bonds. The van der Waals surface area contributed by atoms with E-state index in [1.165, 1.54) is 0 Å². The number of aliphatic hydroxyl groups is 6. The number of nitrogens with two attached hydrogens (primary N) is 3. The van der Waals surface area contributed by atoms with Gasteiger partial charge >= 0.3 is 0 Å². The van der Waals surface area contributed by atoms with Crippen LogP contribution < -0.4 is 22.5 Å². The van der Waals surface area contributed by atoms with Gasteiger partial charge < -0.3 is 72.1 Å². The van der Waals surface area contributed by atoms with Crippen LogP contribution in [0.25, 0.3) is 0 Å². The molecular formula is C18H36N4O10. The molecule has 0 aromatic rings. The zero-order valence-electron chi connectivity index (χ0n) is 17.8. The number of nitrogens with one attached hydrogen (secondary N) is 1. The topological polar surface area (TPSA) is 248 Å². The van der Waals surface area contributed by atoms with Gasteiger partial charge in [-0.25, -0.2) is 0 Å². The summed E-state index contributed by atoms with van der Waals surface area (Å²) in [5.74, 6) is 0. The Morgan fingerprint density at radius 2 is 1.44 bits per heavy atom. The maximum absolute atomic E-state index is 10.9. The first-order valence-corrected chi connectivity index (χ1v) is 10.7. The van der Waals surface area contributed by atoms with E-state index in [0.717, 1.165) is 0 Å². The first-order chi connectivity index (χ1) is 15.1. The number of ether oxygens (including phenoxy) is 4. The third-order valence-corrected chi connectivity index (χ3v) is 6.37. The predicted octanol–water partition coefficient (Wildman–Crippen LogP) is -6.39. The number of aliphatic hydroxyl groups excluding tert-OH is 6. The minimum absolute atomic E-state index is 0.104. The molecule has 188 valence electrons. The summed E-state index contributed by atoms with van der Waals surface area (Å²) in [6.07, 6.45) is -13.9. The average molecular weight is 469 g/mol. The van der Waals surface area contributed by atoms with Crippen LogP contribution in [0.2, 0.25) is 0 Å². The molecular weight excluding hydrogens is 432 g/mol. The van der Waals surface area contributed by atoms with Crippen molar-refractivity contribution in [1.29, 1.82) is 0 Å². The summed E-state index contributed by atoms with van der Waals surface area (Å²) in [6.45, 7) is -0.246. The van der Waals surface area contributed by atoms with Gasteiger partial charge in [-0.05, 0) is 13.5 Å². The van der Waals surface area contributed by atoms with Crippen molar-refractivity contribution in [3.05, 3.63) is 0 Å². The Morgan fingerprint density at radius 1 is 0.844 bits per heavy atom. The number of hydrogen-bond acceptors (Lipinski definition) is 14. The first kappa shape index (κ1) is 26.1. The molecule has 14 atom stereocenters. The molecule has 3 rings (SSSR count). The van der Waals surface area contributed by atoms with Crippen LogP contribution >= 0.6 is 0 Å². The molecule has 2 aliphatic heterocycles. The fourth-order valence-corrected chi connectivity index (χ4v) is 4.45. The lowest BCUT2D eigenvalue weighted by Crippen LogP contribution is -2.67. The standard InChI is InChI=1S/C18H36N4O10/c1-22-9-7(23)4-29-17(11(9)25)31-15-5(20)2-6(21)16(14(15)28)32-18-13(27)12(26)10(24)8(3-19)30-18/h5-18,22-28H,2-4,19-21H2,1H3/t5-,6?,7+,8?,9?,10-,11-,12+,13?,14?,15-,16-,17-,18-/m1/s1. The van der Waals surface area contributed by atoms with Crippen molar-refractivity contribution in [3.63, 3.8) is 0 Å². The van der Waals surface area contributed by atoms with Gasteiger partial charge in [-0.2, -0.15) is 0 Å². The van der Waals surface area contributed by atoms with Crippen LogP contribution in [0.5, 0.6) is 0 Å². The van der Waals surface area contributed by atoms with Gasteiger partial charge in [0.25, 0.3) is 0 Å². The molecule has 5 unspecified atom stereocenters. The predicted molar refractivity (Wildman–Crippen MR) is 107 cm³/mol. The van der Waals surface area contributed by atoms with E-state index in [4.69, 9.17) is 36.1 Å². The van der Waals surface area contributed by atoms with Crippen LogP contribution in [0.1, 0.15) is 6.42 Å². The number of hydrogen-bond donors (Lipinski definition) is 10. The Bertz CT molecular complexity index is 606. The SMILES string of the molecule is CNC1[C@@H](O)[C@@H](O[C@H]2C(O)[C@H](O[C@H]3OC(CN)[C@@H](O)[C@H](O)C3O)C(N)C[C@H]2N)OC[C@@H]1O. The normalized spacial score (nSPS) is 52.7. The quantitative estimate of drug-likeness (QED) is 0.174.